The van der Waals surface area contributed by atoms with Gasteiger partial charge in [0.2, 0.25) is 0 Å². The Hall–Kier alpha value is -5.84. The first kappa shape index (κ1) is 37.4. The van der Waals surface area contributed by atoms with E-state index in [2.05, 4.69) is 54.8 Å². The van der Waals surface area contributed by atoms with Crippen LogP contribution in [0.25, 0.3) is 0 Å². The molecule has 52 heavy (non-hydrogen) atoms. The van der Waals surface area contributed by atoms with Gasteiger partial charge in [-0.2, -0.15) is 0 Å². The SMILES string of the molecule is [2H]C([2H])([2H])C(=O)Oc1ccccc1C(=O)Oc1ccccc1C(=O)NC(CCC(=O)O)C(=O)OC(=O)CCCC=CCC=CCC=CCC=CCC=CCC. The van der Waals surface area contributed by atoms with Crippen molar-refractivity contribution < 1.29 is 52.2 Å². The zero-order chi connectivity index (χ0) is 40.5. The highest BCUT2D eigenvalue weighted by atomic mass is 16.6. The van der Waals surface area contributed by atoms with Crippen LogP contribution < -0.4 is 14.8 Å². The van der Waals surface area contributed by atoms with Crippen molar-refractivity contribution in [2.24, 2.45) is 0 Å². The van der Waals surface area contributed by atoms with Gasteiger partial charge in [-0.05, 0) is 75.6 Å². The molecule has 11 heteroatoms. The lowest BCUT2D eigenvalue weighted by Gasteiger charge is -2.17. The number of hydrogen-bond donors (Lipinski definition) is 2. The average Bonchev–Trinajstić information content (AvgIpc) is 3.14. The topological polar surface area (TPSA) is 162 Å². The number of ether oxygens (including phenoxy) is 3. The number of allylic oxidation sites excluding steroid dienone is 10. The molecule has 1 amide bonds. The molecule has 0 aliphatic carbocycles. The molecular weight excluding hydrogens is 666 g/mol. The van der Waals surface area contributed by atoms with Crippen molar-refractivity contribution in [3.8, 4) is 11.5 Å². The Morgan fingerprint density at radius 1 is 0.731 bits per heavy atom. The number of carboxylic acid groups (broad SMARTS) is 1. The van der Waals surface area contributed by atoms with E-state index in [1.807, 2.05) is 18.2 Å². The highest BCUT2D eigenvalue weighted by Gasteiger charge is 2.27. The van der Waals surface area contributed by atoms with Gasteiger partial charge in [0.15, 0.2) is 0 Å². The number of carbonyl (C=O) groups excluding carboxylic acids is 5. The second-order valence-electron chi connectivity index (χ2n) is 11.1. The summed E-state index contributed by atoms with van der Waals surface area (Å²) >= 11 is 0. The molecule has 0 aliphatic heterocycles. The Kier molecular flexibility index (Phi) is 18.1. The van der Waals surface area contributed by atoms with Gasteiger partial charge in [-0.25, -0.2) is 9.59 Å². The quantitative estimate of drug-likeness (QED) is 0.0404. The molecule has 2 N–H and O–H groups in total. The minimum absolute atomic E-state index is 0.0957. The largest absolute Gasteiger partial charge is 0.481 e. The summed E-state index contributed by atoms with van der Waals surface area (Å²) in [7, 11) is 0. The second kappa shape index (κ2) is 25.2. The number of carbonyl (C=O) groups is 6. The van der Waals surface area contributed by atoms with E-state index in [0.29, 0.717) is 12.8 Å². The zero-order valence-corrected chi connectivity index (χ0v) is 29.2. The third-order valence-electron chi connectivity index (χ3n) is 7.00. The summed E-state index contributed by atoms with van der Waals surface area (Å²) in [6, 6.07) is 9.06. The lowest BCUT2D eigenvalue weighted by molar-refractivity contribution is -0.161. The maximum atomic E-state index is 13.3. The maximum absolute atomic E-state index is 13.3. The van der Waals surface area contributed by atoms with Gasteiger partial charge in [0.1, 0.15) is 23.1 Å². The molecule has 0 fully saturated rings. The van der Waals surface area contributed by atoms with Crippen molar-refractivity contribution in [1.82, 2.24) is 5.32 Å². The fourth-order valence-electron chi connectivity index (χ4n) is 4.44. The molecule has 0 saturated heterocycles. The van der Waals surface area contributed by atoms with Crippen LogP contribution in [-0.2, 0) is 23.9 Å². The van der Waals surface area contributed by atoms with Crippen LogP contribution in [0.2, 0.25) is 0 Å². The van der Waals surface area contributed by atoms with Gasteiger partial charge in [0.05, 0.1) is 5.56 Å². The van der Waals surface area contributed by atoms with Crippen molar-refractivity contribution in [2.75, 3.05) is 0 Å². The van der Waals surface area contributed by atoms with Crippen LogP contribution in [0.5, 0.6) is 11.5 Å². The number of hydrogen-bond acceptors (Lipinski definition) is 9. The zero-order valence-electron chi connectivity index (χ0n) is 32.2. The lowest BCUT2D eigenvalue weighted by atomic mass is 10.1. The summed E-state index contributed by atoms with van der Waals surface area (Å²) in [5, 5.41) is 11.5. The normalized spacial score (nSPS) is 13.2. The molecule has 0 heterocycles. The van der Waals surface area contributed by atoms with Crippen LogP contribution in [0.1, 0.15) is 103 Å². The molecule has 2 aromatic rings. The highest BCUT2D eigenvalue weighted by Crippen LogP contribution is 2.24. The van der Waals surface area contributed by atoms with Crippen LogP contribution in [0.15, 0.2) is 109 Å². The van der Waals surface area contributed by atoms with E-state index < -0.39 is 67.2 Å². The van der Waals surface area contributed by atoms with E-state index in [0.717, 1.165) is 32.1 Å². The number of unbranched alkanes of at least 4 members (excludes halogenated alkanes) is 1. The van der Waals surface area contributed by atoms with Gasteiger partial charge >= 0.3 is 29.8 Å². The fourth-order valence-corrected chi connectivity index (χ4v) is 4.44. The monoisotopic (exact) mass is 716 g/mol. The Morgan fingerprint density at radius 3 is 1.85 bits per heavy atom. The van der Waals surface area contributed by atoms with E-state index in [-0.39, 0.29) is 23.3 Å². The minimum Gasteiger partial charge on any atom is -0.481 e. The third-order valence-corrected chi connectivity index (χ3v) is 7.00. The Bertz CT molecular complexity index is 1760. The number of aliphatic carboxylic acids is 1. The molecule has 0 spiro atoms. The Balaban J connectivity index is 1.91. The van der Waals surface area contributed by atoms with Gasteiger partial charge in [-0.15, -0.1) is 0 Å². The fraction of sp³-hybridized carbons (Fsp3) is 0.317. The molecule has 276 valence electrons. The molecule has 1 atom stereocenters. The molecule has 2 aromatic carbocycles. The molecular formula is C41H47NO10. The third kappa shape index (κ3) is 17.7. The first-order chi connectivity index (χ1) is 26.3. The number of carboxylic acids is 1. The van der Waals surface area contributed by atoms with Gasteiger partial charge in [0, 0.05) is 23.8 Å². The molecule has 0 aromatic heterocycles. The van der Waals surface area contributed by atoms with E-state index >= 15 is 0 Å². The van der Waals surface area contributed by atoms with Crippen molar-refractivity contribution in [3.63, 3.8) is 0 Å². The Morgan fingerprint density at radius 2 is 1.27 bits per heavy atom. The van der Waals surface area contributed by atoms with Gasteiger partial charge < -0.3 is 24.6 Å². The van der Waals surface area contributed by atoms with Crippen LogP contribution in [0.3, 0.4) is 0 Å². The van der Waals surface area contributed by atoms with Crippen molar-refractivity contribution in [1.29, 1.82) is 0 Å². The summed E-state index contributed by atoms with van der Waals surface area (Å²) in [5.74, 6) is -7.59. The molecule has 2 rings (SSSR count). The van der Waals surface area contributed by atoms with Gasteiger partial charge in [-0.1, -0.05) is 91.9 Å². The number of rotatable bonds is 22. The summed E-state index contributed by atoms with van der Waals surface area (Å²) in [6.45, 7) is -0.988. The van der Waals surface area contributed by atoms with Crippen LogP contribution in [0, 0.1) is 0 Å². The predicted octanol–water partition coefficient (Wildman–Crippen LogP) is 7.79. The molecule has 0 aliphatic rings. The molecule has 0 bridgehead atoms. The average molecular weight is 717 g/mol. The van der Waals surface area contributed by atoms with Crippen LogP contribution in [0.4, 0.5) is 0 Å². The number of esters is 4. The summed E-state index contributed by atoms with van der Waals surface area (Å²) in [6.07, 6.45) is 25.1. The first-order valence-electron chi connectivity index (χ1n) is 18.5. The summed E-state index contributed by atoms with van der Waals surface area (Å²) < 4.78 is 36.8. The standard InChI is InChI=1S/C41H47NO10/c1-3-4-5-6-7-8-9-10-11-12-13-14-15-16-17-18-19-28-38(46)52-41(49)34(29-30-37(44)45)42-39(47)32-24-20-22-26-35(32)51-40(48)33-25-21-23-27-36(33)50-31(2)43/h4-5,7-8,10-11,13-14,16-17,20-27,34H,3,6,9,12,15,18-19,28-30H2,1-2H3,(H,42,47)(H,44,45)/i2D3. The van der Waals surface area contributed by atoms with E-state index in [9.17, 15) is 33.9 Å². The Labute approximate surface area is 308 Å². The van der Waals surface area contributed by atoms with Crippen molar-refractivity contribution in [2.45, 2.75) is 84.0 Å². The number of nitrogens with one attached hydrogen (secondary N) is 1. The van der Waals surface area contributed by atoms with Crippen LogP contribution >= 0.6 is 0 Å². The maximum Gasteiger partial charge on any atom is 0.347 e. The van der Waals surface area contributed by atoms with Gasteiger partial charge in [0.25, 0.3) is 5.91 Å². The van der Waals surface area contributed by atoms with Crippen molar-refractivity contribution in [3.05, 3.63) is 120 Å². The van der Waals surface area contributed by atoms with E-state index in [1.54, 1.807) is 0 Å². The number of para-hydroxylation sites is 2. The smallest absolute Gasteiger partial charge is 0.347 e. The summed E-state index contributed by atoms with van der Waals surface area (Å²) in [4.78, 5) is 74.9. The number of amides is 1. The molecule has 0 saturated carbocycles. The molecule has 0 radical (unpaired) electrons. The van der Waals surface area contributed by atoms with Gasteiger partial charge in [-0.3, -0.25) is 19.2 Å². The van der Waals surface area contributed by atoms with Crippen LogP contribution in [-0.4, -0.2) is 46.9 Å². The molecule has 11 nitrogen and oxygen atoms in total. The molecule has 1 unspecified atom stereocenters. The lowest BCUT2D eigenvalue weighted by Crippen LogP contribution is -2.43. The highest BCUT2D eigenvalue weighted by molar-refractivity contribution is 6.02. The first-order valence-corrected chi connectivity index (χ1v) is 17.0. The number of benzene rings is 2. The minimum atomic E-state index is -3.10. The predicted molar refractivity (Wildman–Crippen MR) is 197 cm³/mol. The second-order valence-corrected chi connectivity index (χ2v) is 11.1. The van der Waals surface area contributed by atoms with E-state index in [4.69, 9.17) is 18.3 Å². The van der Waals surface area contributed by atoms with Crippen molar-refractivity contribution >= 4 is 35.8 Å². The summed E-state index contributed by atoms with van der Waals surface area (Å²) in [5.41, 5.74) is -0.567. The van der Waals surface area contributed by atoms with E-state index in [1.165, 1.54) is 48.5 Å².